The van der Waals surface area contributed by atoms with Gasteiger partial charge in [-0.1, -0.05) is 36.4 Å². The first kappa shape index (κ1) is 27.1. The van der Waals surface area contributed by atoms with E-state index in [1.165, 1.54) is 5.56 Å². The number of hydrogen-bond donors (Lipinski definition) is 1. The Bertz CT molecular complexity index is 1780. The first-order chi connectivity index (χ1) is 21.1. The number of rotatable bonds is 9. The summed E-state index contributed by atoms with van der Waals surface area (Å²) in [5, 5.41) is 13.8. The van der Waals surface area contributed by atoms with Crippen molar-refractivity contribution in [1.82, 2.24) is 35.0 Å². The fourth-order valence-electron chi connectivity index (χ4n) is 5.91. The van der Waals surface area contributed by atoms with Gasteiger partial charge >= 0.3 is 0 Å². The van der Waals surface area contributed by atoms with E-state index in [1.807, 2.05) is 67.6 Å². The van der Waals surface area contributed by atoms with E-state index in [-0.39, 0.29) is 12.4 Å². The summed E-state index contributed by atoms with van der Waals surface area (Å²) in [4.78, 5) is 21.5. The van der Waals surface area contributed by atoms with Gasteiger partial charge in [0.15, 0.2) is 17.3 Å². The number of tetrazole rings is 1. The zero-order valence-electron chi connectivity index (χ0n) is 24.0. The molecule has 7 rings (SSSR count). The molecule has 1 unspecified atom stereocenters. The highest BCUT2D eigenvalue weighted by Crippen LogP contribution is 2.33. The summed E-state index contributed by atoms with van der Waals surface area (Å²) in [7, 11) is 0. The van der Waals surface area contributed by atoms with Crippen molar-refractivity contribution in [1.29, 1.82) is 0 Å². The molecule has 220 valence electrons. The average molecular weight is 580 g/mol. The standard InChI is InChI=1S/C32H33N7O4/c1-2-41-25-9-10-27-24(17-25)18-26(32(40)33-27)30(31-34-35-36-39(31)20-22-6-4-3-5-7-22)38-14-12-37(13-15-38)19-23-8-11-28-29(16-23)43-21-42-28/h3-11,16-18,30H,2,12-15,19-21H2,1H3,(H,33,40). The van der Waals surface area contributed by atoms with Gasteiger partial charge in [0.1, 0.15) is 11.8 Å². The number of nitrogens with zero attached hydrogens (tertiary/aromatic N) is 6. The van der Waals surface area contributed by atoms with Crippen molar-refractivity contribution in [3.8, 4) is 17.2 Å². The van der Waals surface area contributed by atoms with Crippen molar-refractivity contribution in [2.24, 2.45) is 0 Å². The number of pyridine rings is 1. The van der Waals surface area contributed by atoms with Gasteiger partial charge in [0.2, 0.25) is 6.79 Å². The summed E-state index contributed by atoms with van der Waals surface area (Å²) in [5.74, 6) is 2.98. The quantitative estimate of drug-likeness (QED) is 0.280. The summed E-state index contributed by atoms with van der Waals surface area (Å²) in [5.41, 5.74) is 3.47. The minimum absolute atomic E-state index is 0.154. The van der Waals surface area contributed by atoms with Crippen LogP contribution in [-0.4, -0.2) is 74.6 Å². The van der Waals surface area contributed by atoms with Crippen molar-refractivity contribution in [2.45, 2.75) is 26.1 Å². The van der Waals surface area contributed by atoms with E-state index in [1.54, 1.807) is 4.68 Å². The summed E-state index contributed by atoms with van der Waals surface area (Å²) in [6.45, 7) is 7.22. The third-order valence-corrected chi connectivity index (χ3v) is 8.04. The molecule has 0 spiro atoms. The van der Waals surface area contributed by atoms with Crippen molar-refractivity contribution in [3.05, 3.63) is 106 Å². The van der Waals surface area contributed by atoms with E-state index >= 15 is 0 Å². The number of hydrogen-bond acceptors (Lipinski definition) is 9. The van der Waals surface area contributed by atoms with Crippen LogP contribution in [-0.2, 0) is 13.1 Å². The van der Waals surface area contributed by atoms with Gasteiger partial charge in [-0.15, -0.1) is 5.10 Å². The molecule has 2 aromatic heterocycles. The lowest BCUT2D eigenvalue weighted by Gasteiger charge is -2.38. The van der Waals surface area contributed by atoms with Crippen LogP contribution in [0.4, 0.5) is 0 Å². The summed E-state index contributed by atoms with van der Waals surface area (Å²) >= 11 is 0. The van der Waals surface area contributed by atoms with Gasteiger partial charge in [0.25, 0.3) is 5.56 Å². The topological polar surface area (TPSA) is 111 Å². The molecule has 3 aromatic carbocycles. The molecular weight excluding hydrogens is 546 g/mol. The number of H-pyrrole nitrogens is 1. The Morgan fingerprint density at radius 2 is 1.74 bits per heavy atom. The molecule has 0 bridgehead atoms. The van der Waals surface area contributed by atoms with Crippen LogP contribution in [0.5, 0.6) is 17.2 Å². The van der Waals surface area contributed by atoms with Crippen LogP contribution >= 0.6 is 0 Å². The third kappa shape index (κ3) is 5.69. The highest BCUT2D eigenvalue weighted by atomic mass is 16.7. The van der Waals surface area contributed by atoms with E-state index in [0.29, 0.717) is 24.5 Å². The molecule has 43 heavy (non-hydrogen) atoms. The minimum atomic E-state index is -0.435. The Kier molecular flexibility index (Phi) is 7.48. The first-order valence-corrected chi connectivity index (χ1v) is 14.6. The maximum Gasteiger partial charge on any atom is 0.253 e. The molecular formula is C32H33N7O4. The molecule has 0 amide bonds. The number of nitrogens with one attached hydrogen (secondary N) is 1. The maximum atomic E-state index is 13.7. The average Bonchev–Trinajstić information content (AvgIpc) is 3.69. The lowest BCUT2D eigenvalue weighted by Crippen LogP contribution is -2.48. The Hall–Kier alpha value is -4.74. The molecule has 2 aliphatic rings. The maximum absolute atomic E-state index is 13.7. The van der Waals surface area contributed by atoms with Gasteiger partial charge in [-0.05, 0) is 64.9 Å². The van der Waals surface area contributed by atoms with Crippen LogP contribution in [0, 0.1) is 0 Å². The lowest BCUT2D eigenvalue weighted by molar-refractivity contribution is 0.0998. The van der Waals surface area contributed by atoms with Crippen molar-refractivity contribution in [2.75, 3.05) is 39.6 Å². The van der Waals surface area contributed by atoms with Gasteiger partial charge in [0, 0.05) is 49.2 Å². The van der Waals surface area contributed by atoms with Crippen LogP contribution in [0.1, 0.15) is 35.5 Å². The number of fused-ring (bicyclic) bond motifs is 2. The molecule has 0 saturated carbocycles. The normalized spacial score (nSPS) is 16.0. The Labute approximate surface area is 248 Å². The predicted octanol–water partition coefficient (Wildman–Crippen LogP) is 3.60. The van der Waals surface area contributed by atoms with E-state index in [9.17, 15) is 4.79 Å². The first-order valence-electron chi connectivity index (χ1n) is 14.6. The van der Waals surface area contributed by atoms with E-state index < -0.39 is 6.04 Å². The van der Waals surface area contributed by atoms with Crippen molar-refractivity contribution < 1.29 is 14.2 Å². The van der Waals surface area contributed by atoms with Crippen LogP contribution in [0.25, 0.3) is 10.9 Å². The zero-order valence-corrected chi connectivity index (χ0v) is 24.0. The Morgan fingerprint density at radius 1 is 0.907 bits per heavy atom. The fourth-order valence-corrected chi connectivity index (χ4v) is 5.91. The molecule has 1 fully saturated rings. The molecule has 0 aliphatic carbocycles. The number of piperazine rings is 1. The van der Waals surface area contributed by atoms with Crippen LogP contribution in [0.3, 0.4) is 0 Å². The van der Waals surface area contributed by atoms with E-state index in [2.05, 4.69) is 42.4 Å². The highest BCUT2D eigenvalue weighted by Gasteiger charge is 2.33. The summed E-state index contributed by atoms with van der Waals surface area (Å²) in [6.07, 6.45) is 0. The van der Waals surface area contributed by atoms with Gasteiger partial charge < -0.3 is 19.2 Å². The predicted molar refractivity (Wildman–Crippen MR) is 160 cm³/mol. The molecule has 1 atom stereocenters. The second-order valence-electron chi connectivity index (χ2n) is 10.8. The Balaban J connectivity index is 1.20. The van der Waals surface area contributed by atoms with Gasteiger partial charge in [-0.25, -0.2) is 4.68 Å². The van der Waals surface area contributed by atoms with E-state index in [4.69, 9.17) is 14.2 Å². The lowest BCUT2D eigenvalue weighted by atomic mass is 10.0. The van der Waals surface area contributed by atoms with Crippen molar-refractivity contribution >= 4 is 10.9 Å². The molecule has 0 radical (unpaired) electrons. The SMILES string of the molecule is CCOc1ccc2[nH]c(=O)c(C(c3nnnn3Cc3ccccc3)N3CCN(Cc4ccc5c(c4)OCO5)CC3)cc2c1. The smallest absolute Gasteiger partial charge is 0.253 e. The number of ether oxygens (including phenoxy) is 3. The van der Waals surface area contributed by atoms with Crippen molar-refractivity contribution in [3.63, 3.8) is 0 Å². The number of aromatic nitrogens is 5. The number of aromatic amines is 1. The van der Waals surface area contributed by atoms with Crippen LogP contribution in [0.2, 0.25) is 0 Å². The van der Waals surface area contributed by atoms with Gasteiger partial charge in [-0.2, -0.15) is 0 Å². The molecule has 5 aromatic rings. The largest absolute Gasteiger partial charge is 0.494 e. The second-order valence-corrected chi connectivity index (χ2v) is 10.8. The molecule has 11 heteroatoms. The van der Waals surface area contributed by atoms with Gasteiger partial charge in [-0.3, -0.25) is 14.6 Å². The molecule has 1 saturated heterocycles. The molecule has 11 nitrogen and oxygen atoms in total. The van der Waals surface area contributed by atoms with Crippen LogP contribution in [0.15, 0.2) is 77.6 Å². The molecule has 2 aliphatic heterocycles. The zero-order chi connectivity index (χ0) is 29.2. The number of benzene rings is 3. The highest BCUT2D eigenvalue weighted by molar-refractivity contribution is 5.80. The minimum Gasteiger partial charge on any atom is -0.494 e. The Morgan fingerprint density at radius 3 is 2.58 bits per heavy atom. The monoisotopic (exact) mass is 579 g/mol. The molecule has 1 N–H and O–H groups in total. The third-order valence-electron chi connectivity index (χ3n) is 8.04. The van der Waals surface area contributed by atoms with Crippen LogP contribution < -0.4 is 19.8 Å². The summed E-state index contributed by atoms with van der Waals surface area (Å²) < 4.78 is 18.6. The van der Waals surface area contributed by atoms with Gasteiger partial charge in [0.05, 0.1) is 13.2 Å². The summed E-state index contributed by atoms with van der Waals surface area (Å²) in [6, 6.07) is 23.4. The fraction of sp³-hybridized carbons (Fsp3) is 0.312. The second kappa shape index (κ2) is 11.9. The van der Waals surface area contributed by atoms with E-state index in [0.717, 1.165) is 66.4 Å². The molecule has 4 heterocycles.